The molecule has 3 aliphatic rings. The van der Waals surface area contributed by atoms with Crippen molar-refractivity contribution in [2.75, 3.05) is 57.4 Å². The van der Waals surface area contributed by atoms with E-state index >= 15 is 0 Å². The van der Waals surface area contributed by atoms with Crippen molar-refractivity contribution in [2.24, 2.45) is 5.92 Å². The highest BCUT2D eigenvalue weighted by molar-refractivity contribution is 5.50. The van der Waals surface area contributed by atoms with Crippen molar-refractivity contribution in [1.29, 1.82) is 0 Å². The number of piperidine rings is 1. The molecule has 1 N–H and O–H groups in total. The van der Waals surface area contributed by atoms with Gasteiger partial charge in [0, 0.05) is 50.7 Å². The second-order valence-corrected chi connectivity index (χ2v) is 7.98. The quantitative estimate of drug-likeness (QED) is 0.881. The first-order valence-electron chi connectivity index (χ1n) is 10.4. The second kappa shape index (κ2) is 8.19. The monoisotopic (exact) mass is 359 g/mol. The number of hydrogen-bond donors (Lipinski definition) is 1. The van der Waals surface area contributed by atoms with Crippen LogP contribution in [0.5, 0.6) is 0 Å². The van der Waals surface area contributed by atoms with E-state index in [1.165, 1.54) is 29.9 Å². The third-order valence-corrected chi connectivity index (χ3v) is 6.42. The van der Waals surface area contributed by atoms with Gasteiger partial charge in [-0.05, 0) is 45.6 Å². The average Bonchev–Trinajstić information content (AvgIpc) is 2.93. The van der Waals surface area contributed by atoms with Crippen LogP contribution in [0.3, 0.4) is 0 Å². The van der Waals surface area contributed by atoms with Crippen LogP contribution in [-0.4, -0.2) is 73.4 Å². The van der Waals surface area contributed by atoms with Gasteiger partial charge in [0.1, 0.15) is 11.6 Å². The number of anilines is 1. The minimum atomic E-state index is 0.662. The van der Waals surface area contributed by atoms with Gasteiger partial charge in [0.25, 0.3) is 0 Å². The smallest absolute Gasteiger partial charge is 0.135 e. The second-order valence-electron chi connectivity index (χ2n) is 7.98. The first-order chi connectivity index (χ1) is 12.7. The Morgan fingerprint density at radius 2 is 1.77 bits per heavy atom. The van der Waals surface area contributed by atoms with Crippen molar-refractivity contribution in [2.45, 2.75) is 45.6 Å². The van der Waals surface area contributed by atoms with Gasteiger partial charge in [-0.15, -0.1) is 0 Å². The van der Waals surface area contributed by atoms with E-state index in [0.717, 1.165) is 77.1 Å². The summed E-state index contributed by atoms with van der Waals surface area (Å²) in [5.74, 6) is 2.92. The number of nitrogens with one attached hydrogen (secondary N) is 1. The molecule has 3 aliphatic heterocycles. The summed E-state index contributed by atoms with van der Waals surface area (Å²) in [5, 5.41) is 3.50. The van der Waals surface area contributed by atoms with Crippen LogP contribution < -0.4 is 10.2 Å². The van der Waals surface area contributed by atoms with E-state index in [9.17, 15) is 0 Å². The van der Waals surface area contributed by atoms with Gasteiger partial charge in [0.15, 0.2) is 0 Å². The van der Waals surface area contributed by atoms with E-state index in [0.29, 0.717) is 6.04 Å². The fourth-order valence-electron chi connectivity index (χ4n) is 4.78. The van der Waals surface area contributed by atoms with E-state index < -0.39 is 0 Å². The molecule has 6 heteroatoms. The van der Waals surface area contributed by atoms with Gasteiger partial charge >= 0.3 is 0 Å². The number of aryl methyl sites for hydroxylation is 1. The summed E-state index contributed by atoms with van der Waals surface area (Å²) in [6, 6.07) is 0.662. The van der Waals surface area contributed by atoms with Crippen LogP contribution in [0.2, 0.25) is 0 Å². The Morgan fingerprint density at radius 1 is 1.04 bits per heavy atom. The highest BCUT2D eigenvalue weighted by Crippen LogP contribution is 2.30. The normalized spacial score (nSPS) is 24.2. The molecule has 0 saturated carbocycles. The van der Waals surface area contributed by atoms with Crippen molar-refractivity contribution in [3.05, 3.63) is 17.1 Å². The summed E-state index contributed by atoms with van der Waals surface area (Å²) >= 11 is 0. The van der Waals surface area contributed by atoms with E-state index in [4.69, 9.17) is 14.7 Å². The molecule has 26 heavy (non-hydrogen) atoms. The van der Waals surface area contributed by atoms with Gasteiger partial charge in [-0.25, -0.2) is 9.97 Å². The molecule has 1 atom stereocenters. The molecule has 2 fully saturated rings. The highest BCUT2D eigenvalue weighted by atomic mass is 16.5. The first-order valence-corrected chi connectivity index (χ1v) is 10.4. The van der Waals surface area contributed by atoms with Crippen LogP contribution in [0.4, 0.5) is 5.82 Å². The first kappa shape index (κ1) is 18.1. The Morgan fingerprint density at radius 3 is 2.54 bits per heavy atom. The molecule has 0 aliphatic carbocycles. The van der Waals surface area contributed by atoms with Crippen molar-refractivity contribution in [3.63, 3.8) is 0 Å². The van der Waals surface area contributed by atoms with Crippen LogP contribution in [0, 0.1) is 12.8 Å². The molecule has 2 saturated heterocycles. The van der Waals surface area contributed by atoms with Crippen LogP contribution in [0.25, 0.3) is 0 Å². The number of morpholine rings is 1. The number of hydrogen-bond acceptors (Lipinski definition) is 6. The molecule has 4 heterocycles. The molecule has 0 aromatic carbocycles. The molecule has 1 unspecified atom stereocenters. The van der Waals surface area contributed by atoms with Crippen LogP contribution in [0.1, 0.15) is 36.8 Å². The van der Waals surface area contributed by atoms with Gasteiger partial charge in [-0.2, -0.15) is 0 Å². The maximum Gasteiger partial charge on any atom is 0.135 e. The highest BCUT2D eigenvalue weighted by Gasteiger charge is 2.30. The fraction of sp³-hybridized carbons (Fsp3) is 0.800. The maximum atomic E-state index is 5.52. The molecule has 1 aromatic heterocycles. The standard InChI is InChI=1S/C20H33N5O/c1-15(24-11-13-26-14-12-24)17-5-9-25(10-6-17)20-18-3-7-21-8-4-19(18)22-16(2)23-20/h15,17,21H,3-14H2,1-2H3. The van der Waals surface area contributed by atoms with Gasteiger partial charge in [-0.1, -0.05) is 0 Å². The van der Waals surface area contributed by atoms with Crippen molar-refractivity contribution < 1.29 is 4.74 Å². The van der Waals surface area contributed by atoms with Crippen LogP contribution >= 0.6 is 0 Å². The summed E-state index contributed by atoms with van der Waals surface area (Å²) in [6.07, 6.45) is 4.59. The van der Waals surface area contributed by atoms with E-state index in [1.54, 1.807) is 0 Å². The number of fused-ring (bicyclic) bond motifs is 1. The molecular formula is C20H33N5O. The van der Waals surface area contributed by atoms with E-state index in [-0.39, 0.29) is 0 Å². The molecule has 6 nitrogen and oxygen atoms in total. The molecule has 0 bridgehead atoms. The zero-order valence-electron chi connectivity index (χ0n) is 16.3. The Kier molecular flexibility index (Phi) is 5.72. The van der Waals surface area contributed by atoms with E-state index in [1.807, 2.05) is 6.92 Å². The SMILES string of the molecule is Cc1nc2c(c(N3CCC(C(C)N4CCOCC4)CC3)n1)CCNCC2. The van der Waals surface area contributed by atoms with Crippen LogP contribution in [-0.2, 0) is 17.6 Å². The lowest BCUT2D eigenvalue weighted by Gasteiger charge is -2.41. The lowest BCUT2D eigenvalue weighted by Crippen LogP contribution is -2.48. The molecule has 144 valence electrons. The molecule has 0 radical (unpaired) electrons. The summed E-state index contributed by atoms with van der Waals surface area (Å²) in [7, 11) is 0. The predicted octanol–water partition coefficient (Wildman–Crippen LogP) is 1.41. The zero-order valence-corrected chi connectivity index (χ0v) is 16.3. The lowest BCUT2D eigenvalue weighted by molar-refractivity contribution is 0.00447. The number of ether oxygens (including phenoxy) is 1. The van der Waals surface area contributed by atoms with Crippen LogP contribution in [0.15, 0.2) is 0 Å². The Labute approximate surface area is 157 Å². The summed E-state index contributed by atoms with van der Waals surface area (Å²) < 4.78 is 5.52. The maximum absolute atomic E-state index is 5.52. The average molecular weight is 360 g/mol. The van der Waals surface area contributed by atoms with Gasteiger partial charge in [0.05, 0.1) is 18.9 Å². The molecule has 4 rings (SSSR count). The van der Waals surface area contributed by atoms with Gasteiger partial charge in [-0.3, -0.25) is 4.90 Å². The lowest BCUT2D eigenvalue weighted by atomic mass is 9.89. The third kappa shape index (κ3) is 3.87. The van der Waals surface area contributed by atoms with Crippen molar-refractivity contribution >= 4 is 5.82 Å². The van der Waals surface area contributed by atoms with E-state index in [2.05, 4.69) is 22.0 Å². The minimum Gasteiger partial charge on any atom is -0.379 e. The zero-order chi connectivity index (χ0) is 17.9. The van der Waals surface area contributed by atoms with Gasteiger partial charge < -0.3 is 15.0 Å². The van der Waals surface area contributed by atoms with Gasteiger partial charge in [0.2, 0.25) is 0 Å². The molecular weight excluding hydrogens is 326 g/mol. The number of rotatable bonds is 3. The number of nitrogens with zero attached hydrogens (tertiary/aromatic N) is 4. The molecule has 0 spiro atoms. The summed E-state index contributed by atoms with van der Waals surface area (Å²) in [5.41, 5.74) is 2.65. The Hall–Kier alpha value is -1.24. The Bertz CT molecular complexity index is 608. The Balaban J connectivity index is 1.44. The minimum absolute atomic E-state index is 0.662. The largest absolute Gasteiger partial charge is 0.379 e. The molecule has 0 amide bonds. The van der Waals surface area contributed by atoms with Crippen molar-refractivity contribution in [1.82, 2.24) is 20.2 Å². The van der Waals surface area contributed by atoms with Crippen molar-refractivity contribution in [3.8, 4) is 0 Å². The molecule has 1 aromatic rings. The fourth-order valence-corrected chi connectivity index (χ4v) is 4.78. The number of aromatic nitrogens is 2. The summed E-state index contributed by atoms with van der Waals surface area (Å²) in [4.78, 5) is 14.8. The predicted molar refractivity (Wildman–Crippen MR) is 104 cm³/mol. The summed E-state index contributed by atoms with van der Waals surface area (Å²) in [6.45, 7) is 12.7. The topological polar surface area (TPSA) is 53.5 Å². The third-order valence-electron chi connectivity index (χ3n) is 6.42.